The van der Waals surface area contributed by atoms with Crippen molar-refractivity contribution in [3.8, 4) is 0 Å². The summed E-state index contributed by atoms with van der Waals surface area (Å²) in [6, 6.07) is -0.0757. The number of hydrogen-bond acceptors (Lipinski definition) is 4. The molecule has 0 aromatic rings. The van der Waals surface area contributed by atoms with Gasteiger partial charge in [0.1, 0.15) is 0 Å². The fourth-order valence-electron chi connectivity index (χ4n) is 1.16. The number of nitrogens with zero attached hydrogens (tertiary/aromatic N) is 1. The first-order valence-electron chi connectivity index (χ1n) is 5.26. The Kier molecular flexibility index (Phi) is 7.40. The normalized spacial score (nSPS) is 10.1. The number of ether oxygens (including phenoxy) is 1. The first kappa shape index (κ1) is 15.8. The van der Waals surface area contributed by atoms with E-state index in [0.717, 1.165) is 0 Å². The molecule has 0 unspecified atom stereocenters. The van der Waals surface area contributed by atoms with Crippen molar-refractivity contribution in [3.05, 3.63) is 0 Å². The van der Waals surface area contributed by atoms with Gasteiger partial charge in [0.05, 0.1) is 18.1 Å². The van der Waals surface area contributed by atoms with Crippen LogP contribution < -0.4 is 11.1 Å². The lowest BCUT2D eigenvalue weighted by Crippen LogP contribution is -2.48. The SMILES string of the molecule is COCCN(C(=O)C(=O)NCC(N)=S)C(C)C. The van der Waals surface area contributed by atoms with Crippen molar-refractivity contribution in [1.29, 1.82) is 0 Å². The molecule has 0 saturated heterocycles. The molecule has 2 amide bonds. The molecule has 0 aliphatic carbocycles. The summed E-state index contributed by atoms with van der Waals surface area (Å²) in [6.07, 6.45) is 0. The Bertz CT molecular complexity index is 295. The van der Waals surface area contributed by atoms with Gasteiger partial charge in [-0.1, -0.05) is 12.2 Å². The topological polar surface area (TPSA) is 84.7 Å². The predicted molar refractivity (Wildman–Crippen MR) is 68.5 cm³/mol. The third-order valence-electron chi connectivity index (χ3n) is 2.04. The average Bonchev–Trinajstić information content (AvgIpc) is 2.25. The minimum Gasteiger partial charge on any atom is -0.392 e. The van der Waals surface area contributed by atoms with Crippen LogP contribution in [0.4, 0.5) is 0 Å². The molecule has 0 aromatic heterocycles. The second-order valence-electron chi connectivity index (χ2n) is 3.73. The quantitative estimate of drug-likeness (QED) is 0.486. The molecule has 0 aliphatic heterocycles. The maximum atomic E-state index is 11.8. The summed E-state index contributed by atoms with van der Waals surface area (Å²) in [7, 11) is 1.54. The largest absolute Gasteiger partial charge is 0.392 e. The number of nitrogens with one attached hydrogen (secondary N) is 1. The minimum absolute atomic E-state index is 0.0239. The Hall–Kier alpha value is -1.21. The number of rotatable bonds is 6. The average molecular weight is 261 g/mol. The molecule has 0 radical (unpaired) electrons. The van der Waals surface area contributed by atoms with E-state index in [-0.39, 0.29) is 17.6 Å². The Balaban J connectivity index is 4.39. The molecule has 7 heteroatoms. The lowest BCUT2D eigenvalue weighted by molar-refractivity contribution is -0.147. The van der Waals surface area contributed by atoms with Gasteiger partial charge in [-0.2, -0.15) is 0 Å². The maximum absolute atomic E-state index is 11.8. The van der Waals surface area contributed by atoms with Crippen molar-refractivity contribution in [3.63, 3.8) is 0 Å². The highest BCUT2D eigenvalue weighted by Crippen LogP contribution is 1.99. The summed E-state index contributed by atoms with van der Waals surface area (Å²) in [5.41, 5.74) is 5.23. The van der Waals surface area contributed by atoms with Gasteiger partial charge < -0.3 is 20.7 Å². The standard InChI is InChI=1S/C10H19N3O3S/c1-7(2)13(4-5-16-3)10(15)9(14)12-6-8(11)17/h7H,4-6H2,1-3H3,(H2,11,17)(H,12,14). The van der Waals surface area contributed by atoms with Crippen LogP contribution in [-0.2, 0) is 14.3 Å². The Labute approximate surface area is 106 Å². The Morgan fingerprint density at radius 2 is 2.06 bits per heavy atom. The third kappa shape index (κ3) is 6.18. The van der Waals surface area contributed by atoms with Crippen molar-refractivity contribution < 1.29 is 14.3 Å². The van der Waals surface area contributed by atoms with Gasteiger partial charge in [-0.25, -0.2) is 0 Å². The summed E-state index contributed by atoms with van der Waals surface area (Å²) in [6.45, 7) is 4.43. The number of thiocarbonyl (C=S) groups is 1. The van der Waals surface area contributed by atoms with Gasteiger partial charge in [-0.15, -0.1) is 0 Å². The van der Waals surface area contributed by atoms with Crippen molar-refractivity contribution in [2.75, 3.05) is 26.8 Å². The monoisotopic (exact) mass is 261 g/mol. The molecule has 0 spiro atoms. The highest BCUT2D eigenvalue weighted by Gasteiger charge is 2.23. The number of amides is 2. The lowest BCUT2D eigenvalue weighted by atomic mass is 10.3. The molecule has 0 bridgehead atoms. The smallest absolute Gasteiger partial charge is 0.312 e. The second kappa shape index (κ2) is 7.97. The first-order valence-corrected chi connectivity index (χ1v) is 5.67. The summed E-state index contributed by atoms with van der Waals surface area (Å²) in [5, 5.41) is 2.36. The van der Waals surface area contributed by atoms with E-state index < -0.39 is 11.8 Å². The molecular weight excluding hydrogens is 242 g/mol. The summed E-state index contributed by atoms with van der Waals surface area (Å²) >= 11 is 4.61. The van der Waals surface area contributed by atoms with E-state index in [1.54, 1.807) is 0 Å². The van der Waals surface area contributed by atoms with Crippen molar-refractivity contribution in [1.82, 2.24) is 10.2 Å². The van der Waals surface area contributed by atoms with Crippen molar-refractivity contribution in [2.24, 2.45) is 5.73 Å². The van der Waals surface area contributed by atoms with Crippen LogP contribution >= 0.6 is 12.2 Å². The molecule has 6 nitrogen and oxygen atoms in total. The van der Waals surface area contributed by atoms with E-state index in [1.165, 1.54) is 12.0 Å². The van der Waals surface area contributed by atoms with E-state index in [2.05, 4.69) is 17.5 Å². The van der Waals surface area contributed by atoms with Crippen LogP contribution in [0, 0.1) is 0 Å². The van der Waals surface area contributed by atoms with Crippen LogP contribution in [0.1, 0.15) is 13.8 Å². The molecule has 98 valence electrons. The minimum atomic E-state index is -0.706. The highest BCUT2D eigenvalue weighted by atomic mass is 32.1. The van der Waals surface area contributed by atoms with Gasteiger partial charge in [-0.3, -0.25) is 9.59 Å². The van der Waals surface area contributed by atoms with Gasteiger partial charge in [-0.05, 0) is 13.8 Å². The lowest BCUT2D eigenvalue weighted by Gasteiger charge is -2.25. The van der Waals surface area contributed by atoms with E-state index in [4.69, 9.17) is 10.5 Å². The number of hydrogen-bond donors (Lipinski definition) is 2. The van der Waals surface area contributed by atoms with Crippen LogP contribution in [0.25, 0.3) is 0 Å². The molecule has 0 aliphatic rings. The van der Waals surface area contributed by atoms with Crippen LogP contribution in [0.5, 0.6) is 0 Å². The van der Waals surface area contributed by atoms with Gasteiger partial charge in [0.2, 0.25) is 0 Å². The molecular formula is C10H19N3O3S. The van der Waals surface area contributed by atoms with Crippen molar-refractivity contribution in [2.45, 2.75) is 19.9 Å². The maximum Gasteiger partial charge on any atom is 0.312 e. The first-order chi connectivity index (χ1) is 7.90. The number of carbonyl (C=O) groups excluding carboxylic acids is 2. The van der Waals surface area contributed by atoms with Gasteiger partial charge in [0, 0.05) is 19.7 Å². The van der Waals surface area contributed by atoms with E-state index in [0.29, 0.717) is 13.2 Å². The zero-order chi connectivity index (χ0) is 13.4. The molecule has 0 rings (SSSR count). The Morgan fingerprint density at radius 3 is 2.47 bits per heavy atom. The molecule has 0 heterocycles. The van der Waals surface area contributed by atoms with Gasteiger partial charge in [0.25, 0.3) is 0 Å². The highest BCUT2D eigenvalue weighted by molar-refractivity contribution is 7.80. The third-order valence-corrected chi connectivity index (χ3v) is 2.18. The number of carbonyl (C=O) groups is 2. The van der Waals surface area contributed by atoms with E-state index in [1.807, 2.05) is 13.8 Å². The van der Waals surface area contributed by atoms with Gasteiger partial charge in [0.15, 0.2) is 0 Å². The molecule has 0 saturated carbocycles. The van der Waals surface area contributed by atoms with Crippen molar-refractivity contribution >= 4 is 29.0 Å². The summed E-state index contributed by atoms with van der Waals surface area (Å²) < 4.78 is 4.88. The fraction of sp³-hybridized carbons (Fsp3) is 0.700. The van der Waals surface area contributed by atoms with Crippen LogP contribution in [0.15, 0.2) is 0 Å². The predicted octanol–water partition coefficient (Wildman–Crippen LogP) is -0.728. The Morgan fingerprint density at radius 1 is 1.47 bits per heavy atom. The number of nitrogens with two attached hydrogens (primary N) is 1. The van der Waals surface area contributed by atoms with Gasteiger partial charge >= 0.3 is 11.8 Å². The zero-order valence-corrected chi connectivity index (χ0v) is 11.2. The zero-order valence-electron chi connectivity index (χ0n) is 10.4. The van der Waals surface area contributed by atoms with E-state index >= 15 is 0 Å². The molecule has 3 N–H and O–H groups in total. The van der Waals surface area contributed by atoms with Crippen LogP contribution in [-0.4, -0.2) is 54.6 Å². The molecule has 0 fully saturated rings. The second-order valence-corrected chi connectivity index (χ2v) is 4.26. The van der Waals surface area contributed by atoms with Crippen LogP contribution in [0.3, 0.4) is 0 Å². The molecule has 0 atom stereocenters. The number of methoxy groups -OCH3 is 1. The van der Waals surface area contributed by atoms with Crippen LogP contribution in [0.2, 0.25) is 0 Å². The van der Waals surface area contributed by atoms with E-state index in [9.17, 15) is 9.59 Å². The summed E-state index contributed by atoms with van der Waals surface area (Å²) in [5.74, 6) is -1.31. The molecule has 17 heavy (non-hydrogen) atoms. The molecule has 0 aromatic carbocycles. The fourth-order valence-corrected chi connectivity index (χ4v) is 1.23. The summed E-state index contributed by atoms with van der Waals surface area (Å²) in [4.78, 5) is 24.8.